The van der Waals surface area contributed by atoms with E-state index >= 15 is 0 Å². The Morgan fingerprint density at radius 3 is 2.53 bits per heavy atom. The maximum absolute atomic E-state index is 12.1. The molecular weight excluding hydrogens is 248 g/mol. The van der Waals surface area contributed by atoms with Gasteiger partial charge in [-0.05, 0) is 6.42 Å². The van der Waals surface area contributed by atoms with Crippen molar-refractivity contribution in [3.63, 3.8) is 0 Å². The first-order valence-corrected chi connectivity index (χ1v) is 6.07. The molecule has 0 fully saturated rings. The quantitative estimate of drug-likeness (QED) is 0.727. The van der Waals surface area contributed by atoms with Crippen molar-refractivity contribution in [2.75, 3.05) is 32.9 Å². The number of carbonyl (C=O) groups is 2. The summed E-state index contributed by atoms with van der Waals surface area (Å²) in [5, 5.41) is 3.85. The van der Waals surface area contributed by atoms with Gasteiger partial charge in [-0.25, -0.2) is 9.67 Å². The van der Waals surface area contributed by atoms with Crippen LogP contribution in [-0.4, -0.2) is 63.6 Å². The molecule has 0 atom stereocenters. The zero-order valence-electron chi connectivity index (χ0n) is 11.5. The topological polar surface area (TPSA) is 97.4 Å². The molecule has 1 aromatic rings. The molecule has 0 aliphatic rings. The number of hydrogen-bond donors (Lipinski definition) is 1. The fourth-order valence-electron chi connectivity index (χ4n) is 1.49. The van der Waals surface area contributed by atoms with E-state index in [1.807, 2.05) is 6.92 Å². The van der Waals surface area contributed by atoms with Crippen LogP contribution in [-0.2, 0) is 16.1 Å². The van der Waals surface area contributed by atoms with Crippen molar-refractivity contribution >= 4 is 17.8 Å². The van der Waals surface area contributed by atoms with E-state index in [0.717, 1.165) is 6.42 Å². The number of amides is 2. The van der Waals surface area contributed by atoms with Gasteiger partial charge in [-0.2, -0.15) is 0 Å². The zero-order chi connectivity index (χ0) is 14.4. The van der Waals surface area contributed by atoms with Crippen molar-refractivity contribution < 1.29 is 9.59 Å². The molecule has 1 rings (SSSR count). The smallest absolute Gasteiger partial charge is 0.244 e. The summed E-state index contributed by atoms with van der Waals surface area (Å²) in [5.74, 6) is -0.166. The fourth-order valence-corrected chi connectivity index (χ4v) is 1.49. The highest BCUT2D eigenvalue weighted by Crippen LogP contribution is 1.98. The molecule has 1 aromatic heterocycles. The van der Waals surface area contributed by atoms with E-state index in [-0.39, 0.29) is 30.9 Å². The van der Waals surface area contributed by atoms with E-state index < -0.39 is 0 Å². The zero-order valence-corrected chi connectivity index (χ0v) is 11.5. The Hall–Kier alpha value is -2.12. The van der Waals surface area contributed by atoms with Crippen molar-refractivity contribution in [3.8, 4) is 0 Å². The summed E-state index contributed by atoms with van der Waals surface area (Å²) in [5.41, 5.74) is 5.38. The molecule has 0 unspecified atom stereocenters. The van der Waals surface area contributed by atoms with E-state index in [9.17, 15) is 9.59 Å². The number of nitrogens with zero attached hydrogens (tertiary/aromatic N) is 5. The number of carbonyl (C=O) groups excluding carboxylic acids is 2. The van der Waals surface area contributed by atoms with Gasteiger partial charge in [0.15, 0.2) is 0 Å². The summed E-state index contributed by atoms with van der Waals surface area (Å²) in [4.78, 5) is 30.5. The molecule has 2 N–H and O–H groups in total. The van der Waals surface area contributed by atoms with Gasteiger partial charge in [0.25, 0.3) is 0 Å². The van der Waals surface area contributed by atoms with Crippen LogP contribution in [0.3, 0.4) is 0 Å². The highest BCUT2D eigenvalue weighted by molar-refractivity contribution is 5.84. The van der Waals surface area contributed by atoms with E-state index in [0.29, 0.717) is 6.54 Å². The van der Waals surface area contributed by atoms with E-state index in [4.69, 9.17) is 5.73 Å². The molecule has 0 aromatic carbocycles. The summed E-state index contributed by atoms with van der Waals surface area (Å²) in [6, 6.07) is 0. The van der Waals surface area contributed by atoms with Crippen LogP contribution in [0.2, 0.25) is 0 Å². The summed E-state index contributed by atoms with van der Waals surface area (Å²) < 4.78 is 1.36. The molecule has 0 saturated heterocycles. The second-order valence-corrected chi connectivity index (χ2v) is 4.40. The van der Waals surface area contributed by atoms with Gasteiger partial charge >= 0.3 is 0 Å². The van der Waals surface area contributed by atoms with Gasteiger partial charge in [0.1, 0.15) is 12.9 Å². The number of nitrogen functional groups attached to an aromatic ring is 1. The largest absolute Gasteiger partial charge is 0.367 e. The van der Waals surface area contributed by atoms with Gasteiger partial charge in [0.05, 0.1) is 6.54 Å². The number of rotatable bonds is 6. The van der Waals surface area contributed by atoms with Crippen molar-refractivity contribution in [2.45, 2.75) is 19.9 Å². The summed E-state index contributed by atoms with van der Waals surface area (Å²) >= 11 is 0. The molecule has 2 amide bonds. The lowest BCUT2D eigenvalue weighted by atomic mass is 10.3. The third-order valence-corrected chi connectivity index (χ3v) is 2.52. The van der Waals surface area contributed by atoms with E-state index in [1.165, 1.54) is 20.8 Å². The highest BCUT2D eigenvalue weighted by atomic mass is 16.2. The van der Waals surface area contributed by atoms with Crippen LogP contribution < -0.4 is 5.73 Å². The second-order valence-electron chi connectivity index (χ2n) is 4.40. The van der Waals surface area contributed by atoms with Crippen LogP contribution in [0.1, 0.15) is 13.3 Å². The van der Waals surface area contributed by atoms with E-state index in [2.05, 4.69) is 10.1 Å². The second kappa shape index (κ2) is 6.72. The summed E-state index contributed by atoms with van der Waals surface area (Å²) in [7, 11) is 3.32. The van der Waals surface area contributed by atoms with Crippen molar-refractivity contribution in [1.82, 2.24) is 24.6 Å². The first-order chi connectivity index (χ1) is 8.93. The molecule has 0 spiro atoms. The Bertz CT molecular complexity index is 442. The van der Waals surface area contributed by atoms with Gasteiger partial charge in [-0.1, -0.05) is 6.92 Å². The highest BCUT2D eigenvalue weighted by Gasteiger charge is 2.18. The van der Waals surface area contributed by atoms with Crippen LogP contribution in [0, 0.1) is 0 Å². The van der Waals surface area contributed by atoms with Crippen molar-refractivity contribution in [2.24, 2.45) is 0 Å². The van der Waals surface area contributed by atoms with E-state index in [1.54, 1.807) is 14.1 Å². The number of aromatic nitrogens is 3. The lowest BCUT2D eigenvalue weighted by Gasteiger charge is -2.23. The first-order valence-electron chi connectivity index (χ1n) is 6.07. The predicted molar refractivity (Wildman–Crippen MR) is 70.0 cm³/mol. The summed E-state index contributed by atoms with van der Waals surface area (Å²) in [6.45, 7) is 2.59. The molecule has 0 aliphatic heterocycles. The molecule has 8 nitrogen and oxygen atoms in total. The molecule has 0 saturated carbocycles. The number of anilines is 1. The lowest BCUT2D eigenvalue weighted by Crippen LogP contribution is -2.42. The molecular formula is C11H20N6O2. The Balaban J connectivity index is 2.64. The minimum Gasteiger partial charge on any atom is -0.367 e. The molecule has 0 bridgehead atoms. The average Bonchev–Trinajstić information content (AvgIpc) is 2.73. The SMILES string of the molecule is CCCN(CC(=O)N(C)C)C(=O)Cn1cnc(N)n1. The average molecular weight is 268 g/mol. The van der Waals surface area contributed by atoms with Crippen molar-refractivity contribution in [1.29, 1.82) is 0 Å². The van der Waals surface area contributed by atoms with Crippen LogP contribution in [0.5, 0.6) is 0 Å². The van der Waals surface area contributed by atoms with Gasteiger partial charge in [-0.15, -0.1) is 5.10 Å². The van der Waals surface area contributed by atoms with Gasteiger partial charge in [0, 0.05) is 20.6 Å². The molecule has 0 aliphatic carbocycles. The standard InChI is InChI=1S/C11H20N6O2/c1-4-5-16(6-9(18)15(2)3)10(19)7-17-8-13-11(12)14-17/h8H,4-7H2,1-3H3,(H2,12,14). The minimum absolute atomic E-state index is 0.0326. The number of hydrogen-bond acceptors (Lipinski definition) is 5. The lowest BCUT2D eigenvalue weighted by molar-refractivity contribution is -0.139. The Kier molecular flexibility index (Phi) is 5.28. The maximum Gasteiger partial charge on any atom is 0.244 e. The Morgan fingerprint density at radius 2 is 2.05 bits per heavy atom. The van der Waals surface area contributed by atoms with Gasteiger partial charge < -0.3 is 15.5 Å². The van der Waals surface area contributed by atoms with Crippen LogP contribution in [0.15, 0.2) is 6.33 Å². The van der Waals surface area contributed by atoms with Crippen LogP contribution >= 0.6 is 0 Å². The molecule has 19 heavy (non-hydrogen) atoms. The first kappa shape index (κ1) is 14.9. The minimum atomic E-state index is -0.179. The third-order valence-electron chi connectivity index (χ3n) is 2.52. The van der Waals surface area contributed by atoms with Gasteiger partial charge in [-0.3, -0.25) is 9.59 Å². The van der Waals surface area contributed by atoms with Crippen molar-refractivity contribution in [3.05, 3.63) is 6.33 Å². The Morgan fingerprint density at radius 1 is 1.37 bits per heavy atom. The monoisotopic (exact) mass is 268 g/mol. The normalized spacial score (nSPS) is 10.3. The van der Waals surface area contributed by atoms with Crippen LogP contribution in [0.4, 0.5) is 5.95 Å². The van der Waals surface area contributed by atoms with Gasteiger partial charge in [0.2, 0.25) is 17.8 Å². The molecule has 106 valence electrons. The fraction of sp³-hybridized carbons (Fsp3) is 0.636. The summed E-state index contributed by atoms with van der Waals surface area (Å²) in [6.07, 6.45) is 2.18. The Labute approximate surface area is 112 Å². The number of likely N-dealkylation sites (N-methyl/N-ethyl adjacent to an activating group) is 1. The molecule has 0 radical (unpaired) electrons. The van der Waals surface area contributed by atoms with Crippen LogP contribution in [0.25, 0.3) is 0 Å². The molecule has 1 heterocycles. The third kappa shape index (κ3) is 4.57. The molecule has 8 heteroatoms. The number of nitrogens with two attached hydrogens (primary N) is 1. The predicted octanol–water partition coefficient (Wildman–Crippen LogP) is -0.813. The maximum atomic E-state index is 12.1.